The van der Waals surface area contributed by atoms with Gasteiger partial charge in [-0.3, -0.25) is 9.78 Å². The highest BCUT2D eigenvalue weighted by atomic mass is 16.5. The lowest BCUT2D eigenvalue weighted by molar-refractivity contribution is -0.121. The number of hydrogen-bond acceptors (Lipinski definition) is 4. The summed E-state index contributed by atoms with van der Waals surface area (Å²) < 4.78 is 4.90. The van der Waals surface area contributed by atoms with Gasteiger partial charge in [-0.15, -0.1) is 0 Å². The Hall–Kier alpha value is -2.11. The monoisotopic (exact) mass is 321 g/mol. The fourth-order valence-electron chi connectivity index (χ4n) is 2.23. The molecule has 0 radical (unpaired) electrons. The molecule has 1 aromatic rings. The van der Waals surface area contributed by atoms with Crippen LogP contribution >= 0.6 is 0 Å². The van der Waals surface area contributed by atoms with Crippen LogP contribution in [0.3, 0.4) is 0 Å². The van der Waals surface area contributed by atoms with Gasteiger partial charge < -0.3 is 15.4 Å². The number of hydrogen-bond donors (Lipinski definition) is 2. The van der Waals surface area contributed by atoms with Gasteiger partial charge >= 0.3 is 6.09 Å². The third-order valence-corrected chi connectivity index (χ3v) is 3.29. The molecule has 23 heavy (non-hydrogen) atoms. The molecule has 0 aliphatic heterocycles. The zero-order valence-corrected chi connectivity index (χ0v) is 14.2. The van der Waals surface area contributed by atoms with Crippen molar-refractivity contribution < 1.29 is 14.3 Å². The smallest absolute Gasteiger partial charge is 0.407 e. The Kier molecular flexibility index (Phi) is 8.72. The maximum atomic E-state index is 11.9. The second-order valence-electron chi connectivity index (χ2n) is 5.85. The number of carbonyl (C=O) groups excluding carboxylic acids is 2. The Morgan fingerprint density at radius 1 is 1.26 bits per heavy atom. The Labute approximate surface area is 138 Å². The summed E-state index contributed by atoms with van der Waals surface area (Å²) in [5, 5.41) is 5.68. The van der Waals surface area contributed by atoms with E-state index in [4.69, 9.17) is 4.74 Å². The maximum Gasteiger partial charge on any atom is 0.407 e. The number of aryl methyl sites for hydroxylation is 1. The normalized spacial score (nSPS) is 11.8. The van der Waals surface area contributed by atoms with Gasteiger partial charge in [0.1, 0.15) is 0 Å². The number of rotatable bonds is 9. The Morgan fingerprint density at radius 3 is 2.57 bits per heavy atom. The average molecular weight is 321 g/mol. The molecule has 0 spiro atoms. The van der Waals surface area contributed by atoms with Crippen molar-refractivity contribution in [1.29, 1.82) is 0 Å². The Bertz CT molecular complexity index is 477. The minimum absolute atomic E-state index is 0.0266. The van der Waals surface area contributed by atoms with Crippen LogP contribution < -0.4 is 10.6 Å². The topological polar surface area (TPSA) is 80.3 Å². The van der Waals surface area contributed by atoms with Crippen LogP contribution in [0.4, 0.5) is 4.79 Å². The van der Waals surface area contributed by atoms with E-state index in [9.17, 15) is 9.59 Å². The van der Waals surface area contributed by atoms with Crippen molar-refractivity contribution in [3.63, 3.8) is 0 Å². The first-order valence-electron chi connectivity index (χ1n) is 8.10. The van der Waals surface area contributed by atoms with Crippen LogP contribution in [0.25, 0.3) is 0 Å². The third kappa shape index (κ3) is 8.80. The van der Waals surface area contributed by atoms with Crippen LogP contribution in [0.15, 0.2) is 24.5 Å². The molecule has 1 heterocycles. The van der Waals surface area contributed by atoms with Crippen LogP contribution in [-0.2, 0) is 16.0 Å². The second kappa shape index (κ2) is 10.6. The summed E-state index contributed by atoms with van der Waals surface area (Å²) in [6.07, 6.45) is 4.87. The number of aromatic nitrogens is 1. The minimum Gasteiger partial charge on any atom is -0.450 e. The standard InChI is InChI=1S/C17H27N3O3/c1-4-23-17(22)20-15(11-13(2)3)12-19-16(21)6-5-14-7-9-18-10-8-14/h7-10,13,15H,4-6,11-12H2,1-3H3,(H,19,21)(H,20,22). The molecule has 0 aliphatic rings. The molecule has 1 unspecified atom stereocenters. The molecule has 0 aromatic carbocycles. The Morgan fingerprint density at radius 2 is 1.96 bits per heavy atom. The number of amides is 2. The van der Waals surface area contributed by atoms with Gasteiger partial charge in [-0.1, -0.05) is 13.8 Å². The van der Waals surface area contributed by atoms with Crippen molar-refractivity contribution >= 4 is 12.0 Å². The highest BCUT2D eigenvalue weighted by Gasteiger charge is 2.15. The molecular weight excluding hydrogens is 294 g/mol. The van der Waals surface area contributed by atoms with E-state index in [0.29, 0.717) is 31.9 Å². The molecule has 1 atom stereocenters. The van der Waals surface area contributed by atoms with E-state index in [2.05, 4.69) is 29.5 Å². The SMILES string of the molecule is CCOC(=O)NC(CNC(=O)CCc1ccncc1)CC(C)C. The second-order valence-corrected chi connectivity index (χ2v) is 5.85. The van der Waals surface area contributed by atoms with Gasteiger partial charge in [0, 0.05) is 31.4 Å². The summed E-state index contributed by atoms with van der Waals surface area (Å²) in [6, 6.07) is 3.67. The highest BCUT2D eigenvalue weighted by molar-refractivity contribution is 5.76. The van der Waals surface area contributed by atoms with Crippen LogP contribution in [-0.4, -0.2) is 36.2 Å². The first kappa shape index (κ1) is 18.9. The van der Waals surface area contributed by atoms with Gasteiger partial charge in [-0.05, 0) is 43.4 Å². The summed E-state index contributed by atoms with van der Waals surface area (Å²) in [4.78, 5) is 27.4. The maximum absolute atomic E-state index is 11.9. The Balaban J connectivity index is 2.37. The van der Waals surface area contributed by atoms with Crippen molar-refractivity contribution in [3.05, 3.63) is 30.1 Å². The molecule has 0 aliphatic carbocycles. The predicted octanol–water partition coefficient (Wildman–Crippen LogP) is 2.29. The van der Waals surface area contributed by atoms with E-state index in [1.807, 2.05) is 12.1 Å². The summed E-state index contributed by atoms with van der Waals surface area (Å²) in [6.45, 7) is 6.65. The first-order chi connectivity index (χ1) is 11.0. The summed E-state index contributed by atoms with van der Waals surface area (Å²) in [5.41, 5.74) is 1.08. The van der Waals surface area contributed by atoms with Crippen molar-refractivity contribution in [1.82, 2.24) is 15.6 Å². The molecule has 2 amide bonds. The number of ether oxygens (including phenoxy) is 1. The average Bonchev–Trinajstić information content (AvgIpc) is 2.51. The van der Waals surface area contributed by atoms with Gasteiger partial charge in [0.05, 0.1) is 6.61 Å². The zero-order valence-electron chi connectivity index (χ0n) is 14.2. The van der Waals surface area contributed by atoms with Gasteiger partial charge in [0.25, 0.3) is 0 Å². The molecular formula is C17H27N3O3. The number of pyridine rings is 1. The van der Waals surface area contributed by atoms with Gasteiger partial charge in [-0.2, -0.15) is 0 Å². The third-order valence-electron chi connectivity index (χ3n) is 3.29. The molecule has 0 saturated heterocycles. The molecule has 1 aromatic heterocycles. The minimum atomic E-state index is -0.441. The lowest BCUT2D eigenvalue weighted by Gasteiger charge is -2.20. The number of nitrogens with one attached hydrogen (secondary N) is 2. The molecule has 0 bridgehead atoms. The molecule has 0 fully saturated rings. The number of nitrogens with zero attached hydrogens (tertiary/aromatic N) is 1. The lowest BCUT2D eigenvalue weighted by atomic mass is 10.0. The van der Waals surface area contributed by atoms with E-state index < -0.39 is 6.09 Å². The van der Waals surface area contributed by atoms with Crippen LogP contribution in [0.2, 0.25) is 0 Å². The fraction of sp³-hybridized carbons (Fsp3) is 0.588. The van der Waals surface area contributed by atoms with E-state index in [0.717, 1.165) is 12.0 Å². The number of carbonyl (C=O) groups is 2. The molecule has 128 valence electrons. The van der Waals surface area contributed by atoms with E-state index in [1.54, 1.807) is 19.3 Å². The summed E-state index contributed by atoms with van der Waals surface area (Å²) >= 11 is 0. The highest BCUT2D eigenvalue weighted by Crippen LogP contribution is 2.05. The van der Waals surface area contributed by atoms with Crippen molar-refractivity contribution in [2.45, 2.75) is 46.1 Å². The van der Waals surface area contributed by atoms with E-state index in [-0.39, 0.29) is 11.9 Å². The molecule has 6 nitrogen and oxygen atoms in total. The van der Waals surface area contributed by atoms with Crippen molar-refractivity contribution in [2.75, 3.05) is 13.2 Å². The largest absolute Gasteiger partial charge is 0.450 e. The first-order valence-corrected chi connectivity index (χ1v) is 8.10. The molecule has 6 heteroatoms. The predicted molar refractivity (Wildman–Crippen MR) is 89.0 cm³/mol. The van der Waals surface area contributed by atoms with Crippen LogP contribution in [0.5, 0.6) is 0 Å². The molecule has 2 N–H and O–H groups in total. The summed E-state index contributed by atoms with van der Waals surface area (Å²) in [7, 11) is 0. The molecule has 1 rings (SSSR count). The van der Waals surface area contributed by atoms with E-state index >= 15 is 0 Å². The van der Waals surface area contributed by atoms with Gasteiger partial charge in [0.15, 0.2) is 0 Å². The van der Waals surface area contributed by atoms with Gasteiger partial charge in [0.2, 0.25) is 5.91 Å². The zero-order chi connectivity index (χ0) is 17.1. The van der Waals surface area contributed by atoms with Crippen molar-refractivity contribution in [2.24, 2.45) is 5.92 Å². The van der Waals surface area contributed by atoms with Crippen LogP contribution in [0.1, 0.15) is 39.2 Å². The summed E-state index contributed by atoms with van der Waals surface area (Å²) in [5.74, 6) is 0.386. The van der Waals surface area contributed by atoms with Crippen molar-refractivity contribution in [3.8, 4) is 0 Å². The lowest BCUT2D eigenvalue weighted by Crippen LogP contribution is -2.44. The van der Waals surface area contributed by atoms with Crippen LogP contribution in [0, 0.1) is 5.92 Å². The number of alkyl carbamates (subject to hydrolysis) is 1. The fourth-order valence-corrected chi connectivity index (χ4v) is 2.23. The molecule has 0 saturated carbocycles. The quantitative estimate of drug-likeness (QED) is 0.731. The van der Waals surface area contributed by atoms with Gasteiger partial charge in [-0.25, -0.2) is 4.79 Å². The van der Waals surface area contributed by atoms with E-state index in [1.165, 1.54) is 0 Å².